The summed E-state index contributed by atoms with van der Waals surface area (Å²) in [7, 11) is 0. The molecule has 1 amide bonds. The van der Waals surface area contributed by atoms with Crippen molar-refractivity contribution in [3.05, 3.63) is 93.3 Å². The Labute approximate surface area is 216 Å². The van der Waals surface area contributed by atoms with Gasteiger partial charge in [-0.2, -0.15) is 0 Å². The number of carbonyl (C=O) groups excluding carboxylic acids is 2. The summed E-state index contributed by atoms with van der Waals surface area (Å²) < 4.78 is 68.9. The van der Waals surface area contributed by atoms with Crippen LogP contribution in [0.1, 0.15) is 27.4 Å². The van der Waals surface area contributed by atoms with Crippen LogP contribution in [0, 0.1) is 35.0 Å². The Hall–Kier alpha value is -2.88. The molecule has 36 heavy (non-hydrogen) atoms. The van der Waals surface area contributed by atoms with E-state index in [1.54, 1.807) is 0 Å². The third kappa shape index (κ3) is 4.63. The maximum absolute atomic E-state index is 15.1. The van der Waals surface area contributed by atoms with Crippen LogP contribution in [0.25, 0.3) is 0 Å². The number of hydrogen-bond acceptors (Lipinski definition) is 3. The van der Waals surface area contributed by atoms with Gasteiger partial charge in [-0.15, -0.1) is 23.2 Å². The summed E-state index contributed by atoms with van der Waals surface area (Å²) in [5.41, 5.74) is 2.80. The topological polar surface area (TPSA) is 72.2 Å². The number of ketones is 1. The molecule has 1 saturated carbocycles. The van der Waals surface area contributed by atoms with Gasteiger partial charge in [0.25, 0.3) is 0 Å². The van der Waals surface area contributed by atoms with Crippen LogP contribution in [-0.2, 0) is 11.2 Å². The van der Waals surface area contributed by atoms with E-state index in [9.17, 15) is 27.2 Å². The highest BCUT2D eigenvalue weighted by atomic mass is 35.5. The monoisotopic (exact) mass is 562 g/mol. The van der Waals surface area contributed by atoms with Crippen LogP contribution in [0.15, 0.2) is 42.5 Å². The molecule has 0 heterocycles. The lowest BCUT2D eigenvalue weighted by atomic mass is 10.00. The zero-order chi connectivity index (χ0) is 26.5. The van der Waals surface area contributed by atoms with Crippen molar-refractivity contribution in [3.63, 3.8) is 0 Å². The number of nitrogens with two attached hydrogens (primary N) is 1. The molecular formula is C24H14Cl3F5N2O2. The first-order valence-corrected chi connectivity index (χ1v) is 11.3. The Morgan fingerprint density at radius 2 is 1.56 bits per heavy atom. The van der Waals surface area contributed by atoms with Crippen molar-refractivity contribution >= 4 is 57.9 Å². The Morgan fingerprint density at radius 1 is 0.917 bits per heavy atom. The van der Waals surface area contributed by atoms with Crippen molar-refractivity contribution in [2.45, 2.75) is 16.7 Å². The number of carbonyl (C=O) groups is 2. The molecular weight excluding hydrogens is 550 g/mol. The number of rotatable bonds is 6. The molecule has 2 atom stereocenters. The minimum absolute atomic E-state index is 0.213. The summed E-state index contributed by atoms with van der Waals surface area (Å²) in [5, 5.41) is 2.00. The van der Waals surface area contributed by atoms with Gasteiger partial charge in [-0.1, -0.05) is 23.7 Å². The standard InChI is InChI=1S/C24H14Cl3F5N2O2/c25-11-7-9(1-3-12(11)28)18-19(24(18,26)27)23(36)34-15-6-5-13(29)17(21(15)32)16(35)8-10-2-4-14(30)22(33)20(10)31/h1-7,18-19H,8,33H2,(H,34,36). The predicted molar refractivity (Wildman–Crippen MR) is 126 cm³/mol. The molecule has 3 N–H and O–H groups in total. The van der Waals surface area contributed by atoms with Gasteiger partial charge in [-0.3, -0.25) is 9.59 Å². The van der Waals surface area contributed by atoms with Gasteiger partial charge in [0.2, 0.25) is 5.91 Å². The second-order valence-electron chi connectivity index (χ2n) is 8.11. The SMILES string of the molecule is Nc1c(F)ccc(CC(=O)c2c(F)ccc(NC(=O)C3C(c4ccc(F)c(Cl)c4)C3(Cl)Cl)c2F)c1F. The number of benzene rings is 3. The van der Waals surface area contributed by atoms with Gasteiger partial charge in [0, 0.05) is 12.3 Å². The lowest BCUT2D eigenvalue weighted by Gasteiger charge is -2.11. The van der Waals surface area contributed by atoms with E-state index >= 15 is 4.39 Å². The average molecular weight is 564 g/mol. The van der Waals surface area contributed by atoms with Gasteiger partial charge in [-0.05, 0) is 41.5 Å². The molecule has 188 valence electrons. The minimum Gasteiger partial charge on any atom is -0.394 e. The summed E-state index contributed by atoms with van der Waals surface area (Å²) in [5.74, 6) is -9.60. The number of nitrogen functional groups attached to an aromatic ring is 1. The van der Waals surface area contributed by atoms with Gasteiger partial charge < -0.3 is 11.1 Å². The molecule has 2 unspecified atom stereocenters. The molecule has 0 spiro atoms. The summed E-state index contributed by atoms with van der Waals surface area (Å²) in [4.78, 5) is 25.4. The fourth-order valence-corrected chi connectivity index (χ4v) is 4.92. The molecule has 0 aliphatic heterocycles. The quantitative estimate of drug-likeness (QED) is 0.154. The van der Waals surface area contributed by atoms with E-state index in [1.165, 1.54) is 12.1 Å². The number of nitrogens with one attached hydrogen (secondary N) is 1. The van der Waals surface area contributed by atoms with Gasteiger partial charge in [-0.25, -0.2) is 22.0 Å². The first-order valence-electron chi connectivity index (χ1n) is 10.2. The molecule has 3 aromatic carbocycles. The van der Waals surface area contributed by atoms with Crippen molar-refractivity contribution in [2.24, 2.45) is 5.92 Å². The number of hydrogen-bond donors (Lipinski definition) is 2. The van der Waals surface area contributed by atoms with Gasteiger partial charge in [0.05, 0.1) is 22.2 Å². The van der Waals surface area contributed by atoms with Crippen LogP contribution in [0.4, 0.5) is 33.3 Å². The van der Waals surface area contributed by atoms with Crippen molar-refractivity contribution in [3.8, 4) is 0 Å². The van der Waals surface area contributed by atoms with E-state index in [2.05, 4.69) is 5.32 Å². The number of halogens is 8. The molecule has 0 bridgehead atoms. The highest BCUT2D eigenvalue weighted by Gasteiger charge is 2.67. The normalized spacial score (nSPS) is 18.1. The van der Waals surface area contributed by atoms with Gasteiger partial charge in [0.15, 0.2) is 17.4 Å². The average Bonchev–Trinajstić information content (AvgIpc) is 3.40. The van der Waals surface area contributed by atoms with Crippen molar-refractivity contribution in [1.29, 1.82) is 0 Å². The molecule has 1 aliphatic carbocycles. The zero-order valence-electron chi connectivity index (χ0n) is 17.8. The fraction of sp³-hybridized carbons (Fsp3) is 0.167. The Kier molecular flexibility index (Phi) is 6.94. The van der Waals surface area contributed by atoms with Crippen LogP contribution < -0.4 is 11.1 Å². The van der Waals surface area contributed by atoms with Crippen LogP contribution >= 0.6 is 34.8 Å². The van der Waals surface area contributed by atoms with Crippen LogP contribution in [0.5, 0.6) is 0 Å². The smallest absolute Gasteiger partial charge is 0.231 e. The van der Waals surface area contributed by atoms with Gasteiger partial charge in [0.1, 0.15) is 27.5 Å². The molecule has 3 aromatic rings. The molecule has 1 aliphatic rings. The van der Waals surface area contributed by atoms with E-state index in [1.807, 2.05) is 0 Å². The maximum Gasteiger partial charge on any atom is 0.231 e. The summed E-state index contributed by atoms with van der Waals surface area (Å²) in [6.07, 6.45) is -0.829. The van der Waals surface area contributed by atoms with Crippen molar-refractivity contribution in [2.75, 3.05) is 11.1 Å². The van der Waals surface area contributed by atoms with E-state index < -0.39 is 80.3 Å². The van der Waals surface area contributed by atoms with E-state index in [-0.39, 0.29) is 10.6 Å². The lowest BCUT2D eigenvalue weighted by molar-refractivity contribution is -0.117. The summed E-state index contributed by atoms with van der Waals surface area (Å²) in [6, 6.07) is 7.03. The molecule has 0 radical (unpaired) electrons. The Bertz CT molecular complexity index is 1420. The molecule has 0 saturated heterocycles. The summed E-state index contributed by atoms with van der Waals surface area (Å²) in [6.45, 7) is 0. The largest absolute Gasteiger partial charge is 0.394 e. The van der Waals surface area contributed by atoms with Gasteiger partial charge >= 0.3 is 0 Å². The summed E-state index contributed by atoms with van der Waals surface area (Å²) >= 11 is 18.2. The zero-order valence-corrected chi connectivity index (χ0v) is 20.1. The number of alkyl halides is 2. The fourth-order valence-electron chi connectivity index (χ4n) is 3.90. The predicted octanol–water partition coefficient (Wildman–Crippen LogP) is 6.57. The van der Waals surface area contributed by atoms with Crippen LogP contribution in [0.2, 0.25) is 5.02 Å². The minimum atomic E-state index is -1.62. The third-order valence-corrected chi connectivity index (χ3v) is 7.05. The first kappa shape index (κ1) is 26.2. The first-order chi connectivity index (χ1) is 16.8. The lowest BCUT2D eigenvalue weighted by Crippen LogP contribution is -2.20. The maximum atomic E-state index is 15.1. The molecule has 4 rings (SSSR count). The highest BCUT2D eigenvalue weighted by Crippen LogP contribution is 2.65. The molecule has 1 fully saturated rings. The molecule has 12 heteroatoms. The van der Waals surface area contributed by atoms with Crippen molar-refractivity contribution < 1.29 is 31.5 Å². The molecule has 0 aromatic heterocycles. The van der Waals surface area contributed by atoms with Crippen LogP contribution in [0.3, 0.4) is 0 Å². The number of anilines is 2. The van der Waals surface area contributed by atoms with E-state index in [4.69, 9.17) is 40.5 Å². The van der Waals surface area contributed by atoms with Crippen LogP contribution in [-0.4, -0.2) is 16.0 Å². The number of Topliss-reactive ketones (excluding diaryl/α,β-unsaturated/α-hetero) is 1. The highest BCUT2D eigenvalue weighted by molar-refractivity contribution is 6.53. The molecule has 4 nitrogen and oxygen atoms in total. The number of amides is 1. The Balaban J connectivity index is 1.57. The van der Waals surface area contributed by atoms with E-state index in [0.29, 0.717) is 5.56 Å². The Morgan fingerprint density at radius 3 is 2.22 bits per heavy atom. The van der Waals surface area contributed by atoms with E-state index in [0.717, 1.165) is 30.3 Å². The third-order valence-electron chi connectivity index (χ3n) is 5.82. The van der Waals surface area contributed by atoms with Crippen molar-refractivity contribution in [1.82, 2.24) is 0 Å². The second-order valence-corrected chi connectivity index (χ2v) is 9.96. The second kappa shape index (κ2) is 9.53.